The van der Waals surface area contributed by atoms with Crippen molar-refractivity contribution in [1.29, 1.82) is 0 Å². The molecule has 1 aliphatic heterocycles. The van der Waals surface area contributed by atoms with Crippen LogP contribution in [0.15, 0.2) is 56.7 Å². The SMILES string of the molecule is CC(C)(C)OC(=O)N1CCc2oc3cc(S(=O)(=O)c4cccc(Cl)c4)ccc3c2C1. The lowest BCUT2D eigenvalue weighted by atomic mass is 10.1. The zero-order valence-corrected chi connectivity index (χ0v) is 18.5. The molecule has 0 atom stereocenters. The first-order chi connectivity index (χ1) is 14.0. The minimum absolute atomic E-state index is 0.127. The third-order valence-corrected chi connectivity index (χ3v) is 6.86. The minimum Gasteiger partial charge on any atom is -0.461 e. The van der Waals surface area contributed by atoms with Crippen molar-refractivity contribution in [3.8, 4) is 0 Å². The first kappa shape index (κ1) is 20.8. The summed E-state index contributed by atoms with van der Waals surface area (Å²) >= 11 is 5.96. The summed E-state index contributed by atoms with van der Waals surface area (Å²) in [5, 5.41) is 1.15. The molecule has 30 heavy (non-hydrogen) atoms. The van der Waals surface area contributed by atoms with Crippen LogP contribution in [0.25, 0.3) is 11.0 Å². The zero-order chi connectivity index (χ0) is 21.7. The maximum atomic E-state index is 13.0. The number of sulfone groups is 1. The maximum Gasteiger partial charge on any atom is 0.410 e. The van der Waals surface area contributed by atoms with E-state index in [9.17, 15) is 13.2 Å². The van der Waals surface area contributed by atoms with Crippen molar-refractivity contribution in [2.45, 2.75) is 49.1 Å². The quantitative estimate of drug-likeness (QED) is 0.538. The summed E-state index contributed by atoms with van der Waals surface area (Å²) in [5.41, 5.74) is 0.794. The van der Waals surface area contributed by atoms with Crippen molar-refractivity contribution in [3.05, 3.63) is 58.8 Å². The average molecular weight is 448 g/mol. The first-order valence-electron chi connectivity index (χ1n) is 9.57. The van der Waals surface area contributed by atoms with Crippen LogP contribution in [0.3, 0.4) is 0 Å². The van der Waals surface area contributed by atoms with Gasteiger partial charge in [-0.2, -0.15) is 0 Å². The molecule has 0 N–H and O–H groups in total. The molecule has 3 aromatic rings. The Morgan fingerprint density at radius 2 is 1.87 bits per heavy atom. The molecule has 1 aliphatic rings. The lowest BCUT2D eigenvalue weighted by molar-refractivity contribution is 0.0220. The number of hydrogen-bond acceptors (Lipinski definition) is 5. The first-order valence-corrected chi connectivity index (χ1v) is 11.4. The Morgan fingerprint density at radius 1 is 1.13 bits per heavy atom. The highest BCUT2D eigenvalue weighted by Crippen LogP contribution is 2.34. The average Bonchev–Trinajstić information content (AvgIpc) is 3.03. The molecule has 0 saturated heterocycles. The van der Waals surface area contributed by atoms with E-state index in [1.165, 1.54) is 18.2 Å². The fourth-order valence-corrected chi connectivity index (χ4v) is 5.06. The largest absolute Gasteiger partial charge is 0.461 e. The zero-order valence-electron chi connectivity index (χ0n) is 16.9. The molecule has 0 saturated carbocycles. The molecule has 0 spiro atoms. The number of nitrogens with zero attached hydrogens (tertiary/aromatic N) is 1. The van der Waals surface area contributed by atoms with Crippen molar-refractivity contribution >= 4 is 38.5 Å². The molecule has 8 heteroatoms. The van der Waals surface area contributed by atoms with Crippen LogP contribution >= 0.6 is 11.6 Å². The predicted octanol–water partition coefficient (Wildman–Crippen LogP) is 5.21. The second-order valence-corrected chi connectivity index (χ2v) is 10.7. The Balaban J connectivity index is 1.67. The van der Waals surface area contributed by atoms with Crippen molar-refractivity contribution < 1.29 is 22.4 Å². The maximum absolute atomic E-state index is 13.0. The highest BCUT2D eigenvalue weighted by atomic mass is 35.5. The highest BCUT2D eigenvalue weighted by Gasteiger charge is 2.29. The summed E-state index contributed by atoms with van der Waals surface area (Å²) in [6.07, 6.45) is 0.169. The molecule has 0 aliphatic carbocycles. The molecule has 6 nitrogen and oxygen atoms in total. The summed E-state index contributed by atoms with van der Waals surface area (Å²) in [5.74, 6) is 0.766. The number of hydrogen-bond donors (Lipinski definition) is 0. The van der Waals surface area contributed by atoms with Gasteiger partial charge in [0.25, 0.3) is 0 Å². The van der Waals surface area contributed by atoms with E-state index in [4.69, 9.17) is 20.8 Å². The van der Waals surface area contributed by atoms with Crippen molar-refractivity contribution in [2.24, 2.45) is 0 Å². The van der Waals surface area contributed by atoms with E-state index in [1.807, 2.05) is 20.8 Å². The number of ether oxygens (including phenoxy) is 1. The number of halogens is 1. The molecule has 2 heterocycles. The molecule has 0 bridgehead atoms. The topological polar surface area (TPSA) is 76.8 Å². The van der Waals surface area contributed by atoms with Gasteiger partial charge in [-0.25, -0.2) is 13.2 Å². The summed E-state index contributed by atoms with van der Waals surface area (Å²) in [6, 6.07) is 11.0. The molecular weight excluding hydrogens is 426 g/mol. The molecular formula is C22H22ClNO5S. The van der Waals surface area contributed by atoms with Gasteiger partial charge in [0.15, 0.2) is 0 Å². The van der Waals surface area contributed by atoms with Crippen LogP contribution in [0, 0.1) is 0 Å². The van der Waals surface area contributed by atoms with E-state index in [0.29, 0.717) is 30.1 Å². The number of carbonyl (C=O) groups is 1. The van der Waals surface area contributed by atoms with Crippen LogP contribution in [0.5, 0.6) is 0 Å². The third kappa shape index (κ3) is 3.91. The Morgan fingerprint density at radius 3 is 2.57 bits per heavy atom. The van der Waals surface area contributed by atoms with Crippen LogP contribution < -0.4 is 0 Å². The summed E-state index contributed by atoms with van der Waals surface area (Å²) in [7, 11) is -3.73. The fourth-order valence-electron chi connectivity index (χ4n) is 3.48. The van der Waals surface area contributed by atoms with E-state index in [-0.39, 0.29) is 15.9 Å². The van der Waals surface area contributed by atoms with Gasteiger partial charge in [0.1, 0.15) is 16.9 Å². The van der Waals surface area contributed by atoms with Crippen LogP contribution in [-0.2, 0) is 27.5 Å². The van der Waals surface area contributed by atoms with Crippen LogP contribution in [-0.4, -0.2) is 31.6 Å². The fraction of sp³-hybridized carbons (Fsp3) is 0.318. The molecule has 0 fully saturated rings. The Labute approximate surface area is 180 Å². The number of benzene rings is 2. The van der Waals surface area contributed by atoms with Gasteiger partial charge in [0, 0.05) is 35.0 Å². The molecule has 0 radical (unpaired) electrons. The molecule has 0 unspecified atom stereocenters. The van der Waals surface area contributed by atoms with E-state index >= 15 is 0 Å². The van der Waals surface area contributed by atoms with Crippen molar-refractivity contribution in [1.82, 2.24) is 4.90 Å². The van der Waals surface area contributed by atoms with Gasteiger partial charge >= 0.3 is 6.09 Å². The normalized spacial score (nSPS) is 14.6. The Hall–Kier alpha value is -2.51. The molecule has 2 aromatic carbocycles. The van der Waals surface area contributed by atoms with Crippen molar-refractivity contribution in [2.75, 3.05) is 6.54 Å². The smallest absolute Gasteiger partial charge is 0.410 e. The van der Waals surface area contributed by atoms with Gasteiger partial charge in [-0.15, -0.1) is 0 Å². The highest BCUT2D eigenvalue weighted by molar-refractivity contribution is 7.91. The van der Waals surface area contributed by atoms with E-state index in [2.05, 4.69) is 0 Å². The van der Waals surface area contributed by atoms with E-state index in [1.54, 1.807) is 29.2 Å². The molecule has 1 aromatic heterocycles. The number of rotatable bonds is 2. The number of furan rings is 1. The predicted molar refractivity (Wildman–Crippen MR) is 113 cm³/mol. The van der Waals surface area contributed by atoms with Crippen molar-refractivity contribution in [3.63, 3.8) is 0 Å². The van der Waals surface area contributed by atoms with Crippen LogP contribution in [0.4, 0.5) is 4.79 Å². The van der Waals surface area contributed by atoms with Gasteiger partial charge in [0.05, 0.1) is 16.3 Å². The Bertz CT molecular complexity index is 1240. The number of carbonyl (C=O) groups excluding carboxylic acids is 1. The van der Waals surface area contributed by atoms with Gasteiger partial charge in [0.2, 0.25) is 9.84 Å². The number of fused-ring (bicyclic) bond motifs is 3. The summed E-state index contributed by atoms with van der Waals surface area (Å²) in [6.45, 7) is 6.33. The summed E-state index contributed by atoms with van der Waals surface area (Å²) in [4.78, 5) is 14.3. The van der Waals surface area contributed by atoms with Gasteiger partial charge in [-0.05, 0) is 51.1 Å². The second kappa shape index (κ2) is 7.32. The molecule has 158 valence electrons. The monoisotopic (exact) mass is 447 g/mol. The standard InChI is InChI=1S/C22H22ClNO5S/c1-22(2,3)29-21(25)24-10-9-19-18(13-24)17-8-7-16(12-20(17)28-19)30(26,27)15-6-4-5-14(23)11-15/h4-8,11-12H,9-10,13H2,1-3H3. The van der Waals surface area contributed by atoms with Gasteiger partial charge < -0.3 is 14.1 Å². The molecule has 1 amide bonds. The van der Waals surface area contributed by atoms with Crippen LogP contribution in [0.1, 0.15) is 32.1 Å². The van der Waals surface area contributed by atoms with Gasteiger partial charge in [-0.3, -0.25) is 0 Å². The lowest BCUT2D eigenvalue weighted by Gasteiger charge is -2.29. The second-order valence-electron chi connectivity index (χ2n) is 8.27. The summed E-state index contributed by atoms with van der Waals surface area (Å²) < 4.78 is 37.4. The lowest BCUT2D eigenvalue weighted by Crippen LogP contribution is -2.39. The Kier molecular flexibility index (Phi) is 5.06. The molecule has 4 rings (SSSR count). The van der Waals surface area contributed by atoms with Gasteiger partial charge in [-0.1, -0.05) is 17.7 Å². The minimum atomic E-state index is -3.73. The van der Waals surface area contributed by atoms with E-state index < -0.39 is 15.4 Å². The van der Waals surface area contributed by atoms with E-state index in [0.717, 1.165) is 16.7 Å². The number of amides is 1. The third-order valence-electron chi connectivity index (χ3n) is 4.87. The van der Waals surface area contributed by atoms with Crippen LogP contribution in [0.2, 0.25) is 5.02 Å².